The molecular weight excluding hydrogens is 448 g/mol. The topological polar surface area (TPSA) is 83.5 Å². The summed E-state index contributed by atoms with van der Waals surface area (Å²) in [6.07, 6.45) is 0.717. The number of carbonyl (C=O) groups is 1. The van der Waals surface area contributed by atoms with Gasteiger partial charge in [-0.2, -0.15) is 0 Å². The van der Waals surface area contributed by atoms with E-state index in [2.05, 4.69) is 31.2 Å². The zero-order chi connectivity index (χ0) is 24.8. The molecular formula is C28H36O7. The summed E-state index contributed by atoms with van der Waals surface area (Å²) in [6.45, 7) is 7.58. The second kappa shape index (κ2) is 11.8. The van der Waals surface area contributed by atoms with Crippen LogP contribution in [0, 0.1) is 5.92 Å². The van der Waals surface area contributed by atoms with Crippen LogP contribution in [0.1, 0.15) is 62.0 Å². The predicted octanol–water partition coefficient (Wildman–Crippen LogP) is 5.00. The summed E-state index contributed by atoms with van der Waals surface area (Å²) in [6, 6.07) is 12.5. The molecule has 3 unspecified atom stereocenters. The fraction of sp³-hybridized carbons (Fsp3) is 0.536. The average Bonchev–Trinajstić information content (AvgIpc) is 2.85. The van der Waals surface area contributed by atoms with Gasteiger partial charge < -0.3 is 28.8 Å². The lowest BCUT2D eigenvalue weighted by Gasteiger charge is -2.33. The highest BCUT2D eigenvalue weighted by molar-refractivity contribution is 5.59. The highest BCUT2D eigenvalue weighted by Gasteiger charge is 2.31. The molecule has 35 heavy (non-hydrogen) atoms. The van der Waals surface area contributed by atoms with E-state index in [0.29, 0.717) is 32.7 Å². The molecule has 2 aliphatic rings. The minimum atomic E-state index is -0.701. The van der Waals surface area contributed by atoms with Gasteiger partial charge in [-0.3, -0.25) is 0 Å². The van der Waals surface area contributed by atoms with Crippen molar-refractivity contribution in [2.45, 2.75) is 64.8 Å². The van der Waals surface area contributed by atoms with Crippen LogP contribution in [0.25, 0.3) is 0 Å². The minimum absolute atomic E-state index is 0.0571. The molecule has 2 aromatic carbocycles. The fourth-order valence-corrected chi connectivity index (χ4v) is 4.52. The number of aliphatic hydroxyl groups excluding tert-OH is 1. The molecule has 0 saturated carbocycles. The largest absolute Gasteiger partial charge is 0.508 e. The van der Waals surface area contributed by atoms with Crippen LogP contribution in [0.15, 0.2) is 36.4 Å². The van der Waals surface area contributed by atoms with Crippen LogP contribution >= 0.6 is 0 Å². The van der Waals surface area contributed by atoms with Gasteiger partial charge in [0.2, 0.25) is 0 Å². The van der Waals surface area contributed by atoms with E-state index >= 15 is 0 Å². The first-order valence-electron chi connectivity index (χ1n) is 12.5. The Labute approximate surface area is 207 Å². The SMILES string of the molecule is CCc1ccc(C2CC(O)CC(COC(=O)OCC(C)C)O2)cc1Cc1ccc2c(c1)OCCO2. The van der Waals surface area contributed by atoms with Crippen molar-refractivity contribution in [2.75, 3.05) is 26.4 Å². The molecule has 0 spiro atoms. The van der Waals surface area contributed by atoms with Gasteiger partial charge in [-0.05, 0) is 53.1 Å². The number of benzene rings is 2. The lowest BCUT2D eigenvalue weighted by atomic mass is 9.91. The maximum Gasteiger partial charge on any atom is 0.508 e. The molecule has 1 fully saturated rings. The van der Waals surface area contributed by atoms with Crippen LogP contribution in [0.4, 0.5) is 4.79 Å². The van der Waals surface area contributed by atoms with E-state index in [1.807, 2.05) is 26.0 Å². The molecule has 0 radical (unpaired) electrons. The van der Waals surface area contributed by atoms with Gasteiger partial charge in [-0.1, -0.05) is 45.0 Å². The predicted molar refractivity (Wildman–Crippen MR) is 131 cm³/mol. The zero-order valence-corrected chi connectivity index (χ0v) is 20.8. The molecule has 0 amide bonds. The monoisotopic (exact) mass is 484 g/mol. The zero-order valence-electron chi connectivity index (χ0n) is 20.8. The Morgan fingerprint density at radius 1 is 1.03 bits per heavy atom. The lowest BCUT2D eigenvalue weighted by Crippen LogP contribution is -2.35. The van der Waals surface area contributed by atoms with Crippen LogP contribution in [0.3, 0.4) is 0 Å². The molecule has 2 heterocycles. The Balaban J connectivity index is 1.44. The molecule has 0 aliphatic carbocycles. The van der Waals surface area contributed by atoms with Crippen LogP contribution in [-0.2, 0) is 27.1 Å². The third-order valence-electron chi connectivity index (χ3n) is 6.28. The van der Waals surface area contributed by atoms with Crippen LogP contribution in [0.2, 0.25) is 0 Å². The van der Waals surface area contributed by atoms with Gasteiger partial charge in [0, 0.05) is 12.8 Å². The molecule has 2 aromatic rings. The summed E-state index contributed by atoms with van der Waals surface area (Å²) in [5, 5.41) is 10.5. The van der Waals surface area contributed by atoms with E-state index < -0.39 is 12.3 Å². The maximum absolute atomic E-state index is 11.8. The van der Waals surface area contributed by atoms with Crippen LogP contribution in [0.5, 0.6) is 11.5 Å². The van der Waals surface area contributed by atoms with Gasteiger partial charge in [-0.15, -0.1) is 0 Å². The first-order valence-corrected chi connectivity index (χ1v) is 12.5. The van der Waals surface area contributed by atoms with E-state index in [4.69, 9.17) is 23.7 Å². The molecule has 4 rings (SSSR count). The third-order valence-corrected chi connectivity index (χ3v) is 6.28. The summed E-state index contributed by atoms with van der Waals surface area (Å²) in [5.41, 5.74) is 4.65. The second-order valence-corrected chi connectivity index (χ2v) is 9.67. The molecule has 0 aromatic heterocycles. The van der Waals surface area contributed by atoms with E-state index in [1.165, 1.54) is 11.1 Å². The first kappa shape index (κ1) is 25.3. The van der Waals surface area contributed by atoms with Gasteiger partial charge in [0.05, 0.1) is 24.9 Å². The van der Waals surface area contributed by atoms with Crippen molar-refractivity contribution in [1.29, 1.82) is 0 Å². The van der Waals surface area contributed by atoms with Gasteiger partial charge in [0.1, 0.15) is 19.8 Å². The Bertz CT molecular complexity index is 1000. The van der Waals surface area contributed by atoms with Gasteiger partial charge in [0.25, 0.3) is 0 Å². The maximum atomic E-state index is 11.8. The molecule has 1 saturated heterocycles. The molecule has 7 nitrogen and oxygen atoms in total. The number of aryl methyl sites for hydroxylation is 1. The van der Waals surface area contributed by atoms with Gasteiger partial charge >= 0.3 is 6.16 Å². The van der Waals surface area contributed by atoms with Crippen molar-refractivity contribution in [3.63, 3.8) is 0 Å². The number of fused-ring (bicyclic) bond motifs is 1. The Kier molecular flexibility index (Phi) is 8.52. The lowest BCUT2D eigenvalue weighted by molar-refractivity contribution is -0.118. The fourth-order valence-electron chi connectivity index (χ4n) is 4.52. The highest BCUT2D eigenvalue weighted by Crippen LogP contribution is 2.35. The summed E-state index contributed by atoms with van der Waals surface area (Å²) < 4.78 is 27.9. The summed E-state index contributed by atoms with van der Waals surface area (Å²) in [7, 11) is 0. The van der Waals surface area contributed by atoms with Crippen molar-refractivity contribution in [3.8, 4) is 11.5 Å². The van der Waals surface area contributed by atoms with Crippen molar-refractivity contribution in [2.24, 2.45) is 5.92 Å². The molecule has 7 heteroatoms. The number of aliphatic hydroxyl groups is 1. The van der Waals surface area contributed by atoms with Crippen LogP contribution in [-0.4, -0.2) is 49.9 Å². The van der Waals surface area contributed by atoms with E-state index in [1.54, 1.807) is 0 Å². The average molecular weight is 485 g/mol. The first-order chi connectivity index (χ1) is 16.9. The smallest absolute Gasteiger partial charge is 0.486 e. The molecule has 2 aliphatic heterocycles. The van der Waals surface area contributed by atoms with E-state index in [-0.39, 0.29) is 24.7 Å². The molecule has 190 valence electrons. The molecule has 0 bridgehead atoms. The van der Waals surface area contributed by atoms with Crippen molar-refractivity contribution < 1.29 is 33.6 Å². The standard InChI is InChI=1S/C28H36O7/c1-4-20-6-7-21(13-22(20)11-19-5-8-25-27(12-19)32-10-9-31-25)26-15-23(29)14-24(35-26)17-34-28(30)33-16-18(2)3/h5-8,12-13,18,23-24,26,29H,4,9-11,14-17H2,1-3H3. The van der Waals surface area contributed by atoms with E-state index in [9.17, 15) is 9.90 Å². The molecule has 1 N–H and O–H groups in total. The van der Waals surface area contributed by atoms with Gasteiger partial charge in [0.15, 0.2) is 11.5 Å². The highest BCUT2D eigenvalue weighted by atomic mass is 16.7. The number of hydrogen-bond acceptors (Lipinski definition) is 7. The molecule has 3 atom stereocenters. The normalized spacial score (nSPS) is 21.6. The second-order valence-electron chi connectivity index (χ2n) is 9.67. The Hall–Kier alpha value is -2.77. The van der Waals surface area contributed by atoms with Crippen molar-refractivity contribution in [1.82, 2.24) is 0 Å². The number of hydrogen-bond donors (Lipinski definition) is 1. The Morgan fingerprint density at radius 3 is 2.60 bits per heavy atom. The van der Waals surface area contributed by atoms with Crippen molar-refractivity contribution >= 4 is 6.16 Å². The summed E-state index contributed by atoms with van der Waals surface area (Å²) >= 11 is 0. The number of ether oxygens (including phenoxy) is 5. The third kappa shape index (κ3) is 6.89. The number of carbonyl (C=O) groups excluding carboxylic acids is 1. The Morgan fingerprint density at radius 2 is 1.83 bits per heavy atom. The van der Waals surface area contributed by atoms with Crippen LogP contribution < -0.4 is 9.47 Å². The summed E-state index contributed by atoms with van der Waals surface area (Å²) in [5.74, 6) is 1.81. The van der Waals surface area contributed by atoms with Gasteiger partial charge in [-0.25, -0.2) is 4.79 Å². The van der Waals surface area contributed by atoms with E-state index in [0.717, 1.165) is 35.5 Å². The number of rotatable bonds is 8. The minimum Gasteiger partial charge on any atom is -0.486 e. The summed E-state index contributed by atoms with van der Waals surface area (Å²) in [4.78, 5) is 11.8. The van der Waals surface area contributed by atoms with Crippen molar-refractivity contribution in [3.05, 3.63) is 58.7 Å². The quantitative estimate of drug-likeness (QED) is 0.528.